The monoisotopic (exact) mass is 358 g/mol. The topological polar surface area (TPSA) is 69.6 Å². The van der Waals surface area contributed by atoms with Gasteiger partial charge in [-0.05, 0) is 36.6 Å². The molecule has 1 aliphatic rings. The van der Waals surface area contributed by atoms with E-state index in [1.165, 1.54) is 0 Å². The summed E-state index contributed by atoms with van der Waals surface area (Å²) in [7, 11) is 0. The molecule has 0 aromatic heterocycles. The minimum absolute atomic E-state index is 0.219. The number of urea groups is 1. The molecule has 3 rings (SSSR count). The number of amides is 2. The van der Waals surface area contributed by atoms with E-state index in [2.05, 4.69) is 5.32 Å². The van der Waals surface area contributed by atoms with E-state index in [9.17, 15) is 9.59 Å². The van der Waals surface area contributed by atoms with Crippen molar-refractivity contribution in [3.05, 3.63) is 53.6 Å². The first-order valence-corrected chi connectivity index (χ1v) is 8.56. The first-order valence-electron chi connectivity index (χ1n) is 8.18. The molecule has 2 amide bonds. The van der Waals surface area contributed by atoms with E-state index in [4.69, 9.17) is 16.7 Å². The normalized spacial score (nSPS) is 15.0. The van der Waals surface area contributed by atoms with Crippen molar-refractivity contribution < 1.29 is 14.7 Å². The number of nitrogens with zero attached hydrogens (tertiary/aromatic N) is 1. The highest BCUT2D eigenvalue weighted by atomic mass is 35.5. The van der Waals surface area contributed by atoms with Crippen molar-refractivity contribution in [2.24, 2.45) is 5.92 Å². The maximum Gasteiger partial charge on any atom is 0.321 e. The van der Waals surface area contributed by atoms with Gasteiger partial charge in [0.1, 0.15) is 0 Å². The summed E-state index contributed by atoms with van der Waals surface area (Å²) in [4.78, 5) is 25.2. The highest BCUT2D eigenvalue weighted by Gasteiger charge is 2.27. The van der Waals surface area contributed by atoms with Crippen molar-refractivity contribution in [3.8, 4) is 11.1 Å². The van der Waals surface area contributed by atoms with Crippen LogP contribution >= 0.6 is 11.6 Å². The van der Waals surface area contributed by atoms with Crippen LogP contribution in [-0.4, -0.2) is 35.1 Å². The molecule has 2 aromatic carbocycles. The van der Waals surface area contributed by atoms with Gasteiger partial charge in [0.15, 0.2) is 0 Å². The van der Waals surface area contributed by atoms with Gasteiger partial charge in [-0.2, -0.15) is 0 Å². The Kier molecular flexibility index (Phi) is 5.24. The number of halogens is 1. The molecule has 6 heteroatoms. The van der Waals surface area contributed by atoms with Gasteiger partial charge in [-0.3, -0.25) is 4.79 Å². The second-order valence-corrected chi connectivity index (χ2v) is 6.52. The summed E-state index contributed by atoms with van der Waals surface area (Å²) in [6.45, 7) is 0.883. The number of hydrogen-bond acceptors (Lipinski definition) is 2. The summed E-state index contributed by atoms with van der Waals surface area (Å²) in [6.07, 6.45) is 0.962. The molecule has 1 fully saturated rings. The van der Waals surface area contributed by atoms with E-state index in [1.54, 1.807) is 17.0 Å². The number of aliphatic carboxylic acids is 1. The lowest BCUT2D eigenvalue weighted by molar-refractivity contribution is -0.143. The molecule has 0 bridgehead atoms. The fraction of sp³-hybridized carbons (Fsp3) is 0.263. The number of carboxylic acid groups (broad SMARTS) is 1. The molecule has 25 heavy (non-hydrogen) atoms. The number of piperidine rings is 1. The largest absolute Gasteiger partial charge is 0.481 e. The fourth-order valence-corrected chi connectivity index (χ4v) is 3.18. The molecule has 1 saturated heterocycles. The lowest BCUT2D eigenvalue weighted by Crippen LogP contribution is -2.42. The van der Waals surface area contributed by atoms with Crippen molar-refractivity contribution in [2.45, 2.75) is 12.8 Å². The van der Waals surface area contributed by atoms with E-state index in [0.29, 0.717) is 36.6 Å². The average Bonchev–Trinajstić information content (AvgIpc) is 2.64. The zero-order valence-corrected chi connectivity index (χ0v) is 14.4. The average molecular weight is 359 g/mol. The molecule has 0 spiro atoms. The van der Waals surface area contributed by atoms with E-state index >= 15 is 0 Å². The SMILES string of the molecule is O=C(O)C1CCN(C(=O)Nc2ccc(Cl)cc2-c2ccccc2)CC1. The number of benzene rings is 2. The molecule has 130 valence electrons. The van der Waals surface area contributed by atoms with Crippen molar-refractivity contribution >= 4 is 29.3 Å². The Balaban J connectivity index is 1.75. The standard InChI is InChI=1S/C19H19ClN2O3/c20-15-6-7-17(16(12-15)13-4-2-1-3-5-13)21-19(25)22-10-8-14(9-11-22)18(23)24/h1-7,12,14H,8-11H2,(H,21,25)(H,23,24). The van der Waals surface area contributed by atoms with Crippen LogP contribution < -0.4 is 5.32 Å². The van der Waals surface area contributed by atoms with E-state index in [1.807, 2.05) is 36.4 Å². The quantitative estimate of drug-likeness (QED) is 0.857. The number of carbonyl (C=O) groups excluding carboxylic acids is 1. The molecular weight excluding hydrogens is 340 g/mol. The van der Waals surface area contributed by atoms with Gasteiger partial charge in [-0.25, -0.2) is 4.79 Å². The van der Waals surface area contributed by atoms with Crippen LogP contribution in [-0.2, 0) is 4.79 Å². The Bertz CT molecular complexity index is 771. The molecule has 0 unspecified atom stereocenters. The summed E-state index contributed by atoms with van der Waals surface area (Å²) >= 11 is 6.12. The Hall–Kier alpha value is -2.53. The van der Waals surface area contributed by atoms with Crippen LogP contribution in [0.2, 0.25) is 5.02 Å². The van der Waals surface area contributed by atoms with Crippen LogP contribution in [0.1, 0.15) is 12.8 Å². The molecule has 2 N–H and O–H groups in total. The first kappa shape index (κ1) is 17.3. The fourth-order valence-electron chi connectivity index (χ4n) is 3.01. The smallest absolute Gasteiger partial charge is 0.321 e. The lowest BCUT2D eigenvalue weighted by Gasteiger charge is -2.30. The van der Waals surface area contributed by atoms with Crippen molar-refractivity contribution in [2.75, 3.05) is 18.4 Å². The summed E-state index contributed by atoms with van der Waals surface area (Å²) in [5.41, 5.74) is 2.49. The second kappa shape index (κ2) is 7.57. The highest BCUT2D eigenvalue weighted by Crippen LogP contribution is 2.31. The molecule has 0 saturated carbocycles. The molecule has 0 radical (unpaired) electrons. The van der Waals surface area contributed by atoms with Crippen molar-refractivity contribution in [1.82, 2.24) is 4.90 Å². The minimum Gasteiger partial charge on any atom is -0.481 e. The molecule has 1 heterocycles. The molecule has 2 aromatic rings. The summed E-state index contributed by atoms with van der Waals surface area (Å²) in [6, 6.07) is 14.8. The van der Waals surface area contributed by atoms with Gasteiger partial charge in [0.25, 0.3) is 0 Å². The highest BCUT2D eigenvalue weighted by molar-refractivity contribution is 6.31. The maximum atomic E-state index is 12.5. The van der Waals surface area contributed by atoms with Gasteiger partial charge in [0.05, 0.1) is 11.6 Å². The van der Waals surface area contributed by atoms with E-state index in [-0.39, 0.29) is 11.9 Å². The van der Waals surface area contributed by atoms with Gasteiger partial charge in [-0.1, -0.05) is 41.9 Å². The zero-order chi connectivity index (χ0) is 17.8. The third kappa shape index (κ3) is 4.12. The summed E-state index contributed by atoms with van der Waals surface area (Å²) in [5, 5.41) is 12.6. The number of carboxylic acids is 1. The minimum atomic E-state index is -0.788. The van der Waals surface area contributed by atoms with Gasteiger partial charge >= 0.3 is 12.0 Å². The first-order chi connectivity index (χ1) is 12.0. The number of carbonyl (C=O) groups is 2. The van der Waals surface area contributed by atoms with Crippen molar-refractivity contribution in [3.63, 3.8) is 0 Å². The predicted molar refractivity (Wildman–Crippen MR) is 97.8 cm³/mol. The van der Waals surface area contributed by atoms with E-state index < -0.39 is 5.97 Å². The number of nitrogens with one attached hydrogen (secondary N) is 1. The maximum absolute atomic E-state index is 12.5. The third-order valence-electron chi connectivity index (χ3n) is 4.44. The molecular formula is C19H19ClN2O3. The number of rotatable bonds is 3. The van der Waals surface area contributed by atoms with Gasteiger partial charge in [0, 0.05) is 23.7 Å². The van der Waals surface area contributed by atoms with Crippen LogP contribution in [0.15, 0.2) is 48.5 Å². The second-order valence-electron chi connectivity index (χ2n) is 6.09. The van der Waals surface area contributed by atoms with Gasteiger partial charge in [0.2, 0.25) is 0 Å². The molecule has 0 atom stereocenters. The lowest BCUT2D eigenvalue weighted by atomic mass is 9.97. The van der Waals surface area contributed by atoms with Crippen LogP contribution in [0.4, 0.5) is 10.5 Å². The Morgan fingerprint density at radius 2 is 1.76 bits per heavy atom. The predicted octanol–water partition coefficient (Wildman–Crippen LogP) is 4.34. The van der Waals surface area contributed by atoms with Crippen molar-refractivity contribution in [1.29, 1.82) is 0 Å². The molecule has 1 aliphatic heterocycles. The van der Waals surface area contributed by atoms with Gasteiger partial charge in [-0.15, -0.1) is 0 Å². The van der Waals surface area contributed by atoms with Crippen LogP contribution in [0, 0.1) is 5.92 Å². The Morgan fingerprint density at radius 3 is 2.40 bits per heavy atom. The zero-order valence-electron chi connectivity index (χ0n) is 13.6. The summed E-state index contributed by atoms with van der Waals surface area (Å²) < 4.78 is 0. The number of anilines is 1. The summed E-state index contributed by atoms with van der Waals surface area (Å²) in [5.74, 6) is -1.15. The third-order valence-corrected chi connectivity index (χ3v) is 4.67. The number of likely N-dealkylation sites (tertiary alicyclic amines) is 1. The van der Waals surface area contributed by atoms with Crippen LogP contribution in [0.25, 0.3) is 11.1 Å². The number of hydrogen-bond donors (Lipinski definition) is 2. The molecule has 5 nitrogen and oxygen atoms in total. The van der Waals surface area contributed by atoms with Crippen LogP contribution in [0.5, 0.6) is 0 Å². The molecule has 0 aliphatic carbocycles. The van der Waals surface area contributed by atoms with Crippen LogP contribution in [0.3, 0.4) is 0 Å². The van der Waals surface area contributed by atoms with E-state index in [0.717, 1.165) is 11.1 Å². The Morgan fingerprint density at radius 1 is 1.08 bits per heavy atom. The van der Waals surface area contributed by atoms with Gasteiger partial charge < -0.3 is 15.3 Å². The Labute approximate surface area is 151 Å².